The average Bonchev–Trinajstić information content (AvgIpc) is 3.64. The van der Waals surface area contributed by atoms with Gasteiger partial charge in [0.1, 0.15) is 18.1 Å². The summed E-state index contributed by atoms with van der Waals surface area (Å²) in [4.78, 5) is 84.5. The average molecular weight is 993 g/mol. The van der Waals surface area contributed by atoms with Gasteiger partial charge in [0, 0.05) is 19.6 Å². The largest absolute Gasteiger partial charge is 0.379 e. The van der Waals surface area contributed by atoms with E-state index in [1.165, 1.54) is 0 Å². The lowest BCUT2D eigenvalue weighted by Gasteiger charge is -2.35. The van der Waals surface area contributed by atoms with Crippen molar-refractivity contribution in [1.82, 2.24) is 36.4 Å². The minimum Gasteiger partial charge on any atom is -0.379 e. The molecule has 16 nitrogen and oxygen atoms in total. The molecular weight excluding hydrogens is 917 g/mol. The van der Waals surface area contributed by atoms with Gasteiger partial charge in [0.2, 0.25) is 35.4 Å². The molecule has 4 aliphatic rings. The fourth-order valence-electron chi connectivity index (χ4n) is 10.4. The van der Waals surface area contributed by atoms with Crippen LogP contribution >= 0.6 is 23.5 Å². The van der Waals surface area contributed by atoms with Crippen LogP contribution in [0.15, 0.2) is 60.7 Å². The van der Waals surface area contributed by atoms with E-state index in [1.54, 1.807) is 47.4 Å². The van der Waals surface area contributed by atoms with E-state index in [1.807, 2.05) is 74.5 Å². The molecule has 18 heteroatoms. The monoisotopic (exact) mass is 993 g/mol. The molecule has 7 N–H and O–H groups in total. The zero-order valence-electron chi connectivity index (χ0n) is 41.3. The highest BCUT2D eigenvalue weighted by molar-refractivity contribution is 8.00. The molecule has 4 aliphatic heterocycles. The first kappa shape index (κ1) is 54.1. The van der Waals surface area contributed by atoms with Crippen LogP contribution in [0.5, 0.6) is 0 Å². The van der Waals surface area contributed by atoms with E-state index in [0.717, 1.165) is 36.8 Å². The zero-order chi connectivity index (χ0) is 49.7. The summed E-state index contributed by atoms with van der Waals surface area (Å²) < 4.78 is 12.4. The van der Waals surface area contributed by atoms with Crippen molar-refractivity contribution in [2.45, 2.75) is 132 Å². The Hall–Kier alpha value is -4.20. The minimum absolute atomic E-state index is 0.0344. The van der Waals surface area contributed by atoms with Gasteiger partial charge in [-0.25, -0.2) is 0 Å². The van der Waals surface area contributed by atoms with Crippen LogP contribution in [0.4, 0.5) is 0 Å². The number of nitrogens with two attached hydrogens (primary N) is 1. The first-order valence-corrected chi connectivity index (χ1v) is 26.8. The predicted molar refractivity (Wildman–Crippen MR) is 271 cm³/mol. The van der Waals surface area contributed by atoms with Crippen molar-refractivity contribution in [3.8, 4) is 0 Å². The normalized spacial score (nSPS) is 25.4. The molecule has 2 aromatic carbocycles. The number of carbonyl (C=O) groups excluding carboxylic acids is 6. The summed E-state index contributed by atoms with van der Waals surface area (Å²) >= 11 is 3.35. The summed E-state index contributed by atoms with van der Waals surface area (Å²) in [5, 5.41) is 14.9. The predicted octanol–water partition coefficient (Wildman–Crippen LogP) is 4.26. The van der Waals surface area contributed by atoms with Crippen LogP contribution in [0, 0.1) is 16.7 Å². The number of carbonyl (C=O) groups is 6. The lowest BCUT2D eigenvalue weighted by atomic mass is 9.83. The minimum atomic E-state index is -0.712. The number of primary amides is 1. The van der Waals surface area contributed by atoms with Gasteiger partial charge in [-0.05, 0) is 92.0 Å². The molecule has 0 bridgehead atoms. The highest BCUT2D eigenvalue weighted by atomic mass is 32.2. The molecule has 2 aromatic rings. The Kier molecular flexibility index (Phi) is 19.8. The molecule has 6 amide bonds. The molecular formula is C51H76N8O8S2. The van der Waals surface area contributed by atoms with Gasteiger partial charge >= 0.3 is 0 Å². The zero-order valence-corrected chi connectivity index (χ0v) is 43.0. The molecule has 0 aromatic heterocycles. The number of thioether (sulfide) groups is 2. The van der Waals surface area contributed by atoms with Crippen LogP contribution in [0.3, 0.4) is 0 Å². The van der Waals surface area contributed by atoms with E-state index in [-0.39, 0.29) is 72.4 Å². The quantitative estimate of drug-likeness (QED) is 0.0815. The van der Waals surface area contributed by atoms with Gasteiger partial charge in [0.05, 0.1) is 48.6 Å². The number of rotatable bonds is 24. The van der Waals surface area contributed by atoms with E-state index in [9.17, 15) is 28.8 Å². The van der Waals surface area contributed by atoms with Crippen LogP contribution in [0.2, 0.25) is 0 Å². The van der Waals surface area contributed by atoms with Crippen molar-refractivity contribution in [3.63, 3.8) is 0 Å². The van der Waals surface area contributed by atoms with E-state index in [4.69, 9.17) is 15.2 Å². The second-order valence-electron chi connectivity index (χ2n) is 20.3. The standard InChI is InChI=1S/C51H76N8O8S2/c1-50(2)27-42-58(41(61)26-33(32-69-42)25-37(54-6)46(52)62)44(50)47(63)56-38(34-17-11-9-12-18-34)30-66-22-15-7-8-16-23-67-31-39(35-19-13-10-14-20-35)57-48(64)45-51(3,4)28-43-59(45)49(65)36(21-24-68-43)55-40(60)29-53-5/h9-14,17-20,33,36-39,42-45,53-54H,7-8,15-16,21-32H2,1-6H3,(H2,52,62)(H,55,60)(H,56,63)(H,57,64)/t33?,36-,37-,38+,39+,42-,43-,44+,45+/m0/s1. The Bertz CT molecular complexity index is 2050. The Morgan fingerprint density at radius 1 is 0.754 bits per heavy atom. The van der Waals surface area contributed by atoms with Crippen molar-refractivity contribution in [2.75, 3.05) is 58.6 Å². The Morgan fingerprint density at radius 2 is 1.28 bits per heavy atom. The molecule has 9 atom stereocenters. The van der Waals surface area contributed by atoms with Gasteiger partial charge in [0.15, 0.2) is 0 Å². The highest BCUT2D eigenvalue weighted by Crippen LogP contribution is 2.48. The van der Waals surface area contributed by atoms with Crippen LogP contribution in [0.1, 0.15) is 109 Å². The SMILES string of the molecule is CNCC(=O)N[C@H]1CCS[C@H]2CC(C)(C)[C@@H](C(=O)N[C@H](COCCCCCCOC[C@@H](NC(=O)[C@H]3N4C(=O)CC(C[C@H](NC)C(N)=O)CS[C@H]4CC3(C)C)c3ccccc3)c3ccccc3)N2C1=O. The molecule has 0 aliphatic carbocycles. The van der Waals surface area contributed by atoms with E-state index >= 15 is 0 Å². The topological polar surface area (TPSA) is 214 Å². The first-order valence-electron chi connectivity index (χ1n) is 24.7. The summed E-state index contributed by atoms with van der Waals surface area (Å²) in [7, 11) is 3.38. The van der Waals surface area contributed by atoms with Crippen molar-refractivity contribution in [3.05, 3.63) is 71.8 Å². The van der Waals surface area contributed by atoms with E-state index < -0.39 is 53.0 Å². The van der Waals surface area contributed by atoms with Crippen LogP contribution in [0.25, 0.3) is 0 Å². The Morgan fingerprint density at radius 3 is 1.78 bits per heavy atom. The van der Waals surface area contributed by atoms with Crippen LogP contribution < -0.4 is 32.3 Å². The smallest absolute Gasteiger partial charge is 0.246 e. The number of fused-ring (bicyclic) bond motifs is 2. The Labute approximate surface area is 417 Å². The first-order chi connectivity index (χ1) is 33.0. The fraction of sp³-hybridized carbons (Fsp3) is 0.647. The summed E-state index contributed by atoms with van der Waals surface area (Å²) in [5.74, 6) is -0.0337. The lowest BCUT2D eigenvalue weighted by Crippen LogP contribution is -2.57. The molecule has 380 valence electrons. The third-order valence-corrected chi connectivity index (χ3v) is 16.7. The number of benzene rings is 2. The van der Waals surface area contributed by atoms with E-state index in [0.29, 0.717) is 50.4 Å². The molecule has 6 rings (SSSR count). The number of likely N-dealkylation sites (N-methyl/N-ethyl adjacent to an activating group) is 2. The summed E-state index contributed by atoms with van der Waals surface area (Å²) in [6.07, 6.45) is 6.07. The molecule has 4 heterocycles. The summed E-state index contributed by atoms with van der Waals surface area (Å²) in [6.45, 7) is 9.85. The molecule has 0 spiro atoms. The molecule has 4 fully saturated rings. The van der Waals surface area contributed by atoms with Crippen molar-refractivity contribution >= 4 is 59.0 Å². The third kappa shape index (κ3) is 14.2. The fourth-order valence-corrected chi connectivity index (χ4v) is 13.7. The second kappa shape index (κ2) is 25.3. The number of nitrogens with zero attached hydrogens (tertiary/aromatic N) is 2. The maximum atomic E-state index is 14.3. The molecule has 69 heavy (non-hydrogen) atoms. The van der Waals surface area contributed by atoms with Crippen molar-refractivity contribution in [2.24, 2.45) is 22.5 Å². The van der Waals surface area contributed by atoms with Crippen LogP contribution in [-0.4, -0.2) is 139 Å². The van der Waals surface area contributed by atoms with Crippen molar-refractivity contribution in [1.29, 1.82) is 0 Å². The number of unbranched alkanes of at least 4 members (excludes halogenated alkanes) is 3. The molecule has 1 unspecified atom stereocenters. The number of ether oxygens (including phenoxy) is 2. The summed E-state index contributed by atoms with van der Waals surface area (Å²) in [5.41, 5.74) is 6.49. The van der Waals surface area contributed by atoms with Gasteiger partial charge in [-0.3, -0.25) is 28.8 Å². The van der Waals surface area contributed by atoms with Gasteiger partial charge < -0.3 is 51.6 Å². The maximum Gasteiger partial charge on any atom is 0.246 e. The molecule has 4 saturated heterocycles. The number of nitrogens with one attached hydrogen (secondary N) is 5. The van der Waals surface area contributed by atoms with Gasteiger partial charge in [0.25, 0.3) is 0 Å². The van der Waals surface area contributed by atoms with Crippen molar-refractivity contribution < 1.29 is 38.2 Å². The number of hydrogen-bond donors (Lipinski definition) is 6. The van der Waals surface area contributed by atoms with Gasteiger partial charge in [-0.1, -0.05) is 101 Å². The maximum absolute atomic E-state index is 14.3. The number of amides is 6. The summed E-state index contributed by atoms with van der Waals surface area (Å²) in [6, 6.07) is 16.1. The molecule has 0 saturated carbocycles. The lowest BCUT2D eigenvalue weighted by molar-refractivity contribution is -0.144. The van der Waals surface area contributed by atoms with E-state index in [2.05, 4.69) is 40.4 Å². The highest BCUT2D eigenvalue weighted by Gasteiger charge is 2.55. The van der Waals surface area contributed by atoms with Crippen LogP contribution in [-0.2, 0) is 38.2 Å². The Balaban J connectivity index is 0.966. The van der Waals surface area contributed by atoms with Gasteiger partial charge in [-0.2, -0.15) is 0 Å². The van der Waals surface area contributed by atoms with Gasteiger partial charge in [-0.15, -0.1) is 23.5 Å². The second-order valence-corrected chi connectivity index (χ2v) is 22.8. The molecule has 0 radical (unpaired) electrons. The number of hydrogen-bond acceptors (Lipinski definition) is 12. The third-order valence-electron chi connectivity index (χ3n) is 14.0.